The molecule has 6 nitrogen and oxygen atoms in total. The average Bonchev–Trinajstić information content (AvgIpc) is 3.09. The summed E-state index contributed by atoms with van der Waals surface area (Å²) in [6.07, 6.45) is 0. The lowest BCUT2D eigenvalue weighted by Gasteiger charge is -2.26. The highest BCUT2D eigenvalue weighted by atomic mass is 19.1. The number of halogens is 1. The summed E-state index contributed by atoms with van der Waals surface area (Å²) in [6.45, 7) is 6.05. The zero-order valence-electron chi connectivity index (χ0n) is 20.6. The number of ether oxygens (including phenoxy) is 1. The Hall–Kier alpha value is -4.13. The molecule has 1 saturated heterocycles. The van der Waals surface area contributed by atoms with E-state index >= 15 is 0 Å². The Morgan fingerprint density at radius 1 is 1.00 bits per heavy atom. The van der Waals surface area contributed by atoms with Crippen molar-refractivity contribution in [2.45, 2.75) is 38.8 Å². The van der Waals surface area contributed by atoms with Crippen LogP contribution in [0.25, 0.3) is 5.76 Å². The fourth-order valence-corrected chi connectivity index (χ4v) is 4.43. The molecular weight excluding hydrogens is 461 g/mol. The zero-order valence-corrected chi connectivity index (χ0v) is 20.6. The first-order valence-electron chi connectivity index (χ1n) is 11.5. The fraction of sp³-hybridized carbons (Fsp3) is 0.241. The van der Waals surface area contributed by atoms with Crippen LogP contribution in [0.4, 0.5) is 4.39 Å². The zero-order chi connectivity index (χ0) is 26.2. The van der Waals surface area contributed by atoms with E-state index < -0.39 is 23.5 Å². The van der Waals surface area contributed by atoms with Crippen molar-refractivity contribution in [3.63, 3.8) is 0 Å². The van der Waals surface area contributed by atoms with Crippen LogP contribution >= 0.6 is 0 Å². The molecule has 0 bridgehead atoms. The number of amides is 1. The van der Waals surface area contributed by atoms with Gasteiger partial charge in [-0.1, -0.05) is 45.0 Å². The van der Waals surface area contributed by atoms with Gasteiger partial charge in [-0.25, -0.2) is 4.39 Å². The number of aromatic hydroxyl groups is 1. The molecule has 1 aliphatic rings. The van der Waals surface area contributed by atoms with Crippen LogP contribution in [0, 0.1) is 5.82 Å². The van der Waals surface area contributed by atoms with Crippen molar-refractivity contribution in [2.75, 3.05) is 7.11 Å². The minimum absolute atomic E-state index is 0.0270. The number of methoxy groups -OCH3 is 1. The van der Waals surface area contributed by atoms with Gasteiger partial charge in [0.05, 0.1) is 18.7 Å². The highest BCUT2D eigenvalue weighted by Gasteiger charge is 2.46. The van der Waals surface area contributed by atoms with Gasteiger partial charge in [0, 0.05) is 17.7 Å². The van der Waals surface area contributed by atoms with Crippen LogP contribution in [0.2, 0.25) is 0 Å². The average molecular weight is 490 g/mol. The second kappa shape index (κ2) is 9.49. The Balaban J connectivity index is 1.88. The van der Waals surface area contributed by atoms with Crippen molar-refractivity contribution >= 4 is 17.4 Å². The SMILES string of the molecule is COc1ccc(/C(O)=C2/C(=O)C(=O)N(Cc3ccc(F)cc3)C2c2ccc(O)cc2)cc1C(C)(C)C. The van der Waals surface area contributed by atoms with Gasteiger partial charge in [0.1, 0.15) is 23.1 Å². The lowest BCUT2D eigenvalue weighted by Crippen LogP contribution is -2.29. The van der Waals surface area contributed by atoms with Gasteiger partial charge >= 0.3 is 0 Å². The first-order valence-corrected chi connectivity index (χ1v) is 11.5. The highest BCUT2D eigenvalue weighted by Crippen LogP contribution is 2.42. The van der Waals surface area contributed by atoms with Gasteiger partial charge in [0.15, 0.2) is 0 Å². The number of carbonyl (C=O) groups excluding carboxylic acids is 2. The summed E-state index contributed by atoms with van der Waals surface area (Å²) in [5, 5.41) is 21.2. The third-order valence-corrected chi connectivity index (χ3v) is 6.30. The van der Waals surface area contributed by atoms with Gasteiger partial charge in [-0.15, -0.1) is 0 Å². The number of aliphatic hydroxyl groups is 1. The van der Waals surface area contributed by atoms with Crippen LogP contribution < -0.4 is 4.74 Å². The first-order chi connectivity index (χ1) is 17.0. The maximum Gasteiger partial charge on any atom is 0.295 e. The van der Waals surface area contributed by atoms with E-state index in [1.54, 1.807) is 49.6 Å². The predicted molar refractivity (Wildman–Crippen MR) is 134 cm³/mol. The van der Waals surface area contributed by atoms with Crippen molar-refractivity contribution in [2.24, 2.45) is 0 Å². The van der Waals surface area contributed by atoms with Crippen LogP contribution in [-0.2, 0) is 21.5 Å². The van der Waals surface area contributed by atoms with E-state index in [-0.39, 0.29) is 29.0 Å². The van der Waals surface area contributed by atoms with E-state index in [9.17, 15) is 24.2 Å². The Bertz CT molecular complexity index is 1340. The number of hydrogen-bond acceptors (Lipinski definition) is 5. The number of ketones is 1. The van der Waals surface area contributed by atoms with E-state index in [0.717, 1.165) is 5.56 Å². The monoisotopic (exact) mass is 489 g/mol. The van der Waals surface area contributed by atoms with E-state index in [1.807, 2.05) is 20.8 Å². The summed E-state index contributed by atoms with van der Waals surface area (Å²) in [5.74, 6) is -1.64. The lowest BCUT2D eigenvalue weighted by molar-refractivity contribution is -0.140. The largest absolute Gasteiger partial charge is 0.508 e. The Morgan fingerprint density at radius 2 is 1.64 bits per heavy atom. The summed E-state index contributed by atoms with van der Waals surface area (Å²) >= 11 is 0. The summed E-state index contributed by atoms with van der Waals surface area (Å²) in [7, 11) is 1.57. The number of hydrogen-bond donors (Lipinski definition) is 2. The van der Waals surface area contributed by atoms with Crippen LogP contribution in [-0.4, -0.2) is 33.9 Å². The minimum atomic E-state index is -0.907. The molecule has 0 saturated carbocycles. The Kier molecular flexibility index (Phi) is 6.59. The number of nitrogens with zero attached hydrogens (tertiary/aromatic N) is 1. The third kappa shape index (κ3) is 4.69. The molecule has 1 fully saturated rings. The van der Waals surface area contributed by atoms with Gasteiger partial charge in [0.2, 0.25) is 0 Å². The number of phenols is 1. The summed E-state index contributed by atoms with van der Waals surface area (Å²) in [6, 6.07) is 16.0. The van der Waals surface area contributed by atoms with Gasteiger partial charge in [0.25, 0.3) is 11.7 Å². The molecule has 7 heteroatoms. The van der Waals surface area contributed by atoms with Crippen molar-refractivity contribution in [1.29, 1.82) is 0 Å². The molecule has 1 unspecified atom stereocenters. The molecule has 1 aliphatic heterocycles. The van der Waals surface area contributed by atoms with Crippen LogP contribution in [0.5, 0.6) is 11.5 Å². The lowest BCUT2D eigenvalue weighted by atomic mass is 9.84. The second-order valence-corrected chi connectivity index (χ2v) is 9.81. The van der Waals surface area contributed by atoms with Gasteiger partial charge in [-0.2, -0.15) is 0 Å². The number of aliphatic hydroxyl groups excluding tert-OH is 1. The van der Waals surface area contributed by atoms with Crippen LogP contribution in [0.1, 0.15) is 49.1 Å². The topological polar surface area (TPSA) is 87.1 Å². The van der Waals surface area contributed by atoms with Gasteiger partial charge in [-0.3, -0.25) is 9.59 Å². The summed E-state index contributed by atoms with van der Waals surface area (Å²) in [4.78, 5) is 27.8. The van der Waals surface area contributed by atoms with Crippen LogP contribution in [0.3, 0.4) is 0 Å². The highest BCUT2D eigenvalue weighted by molar-refractivity contribution is 6.46. The molecule has 2 N–H and O–H groups in total. The Labute approximate surface area is 209 Å². The molecule has 1 atom stereocenters. The maximum absolute atomic E-state index is 13.4. The van der Waals surface area contributed by atoms with E-state index in [1.165, 1.54) is 29.2 Å². The molecular formula is C29H28FNO5. The molecule has 3 aromatic rings. The molecule has 3 aromatic carbocycles. The van der Waals surface area contributed by atoms with Crippen molar-refractivity contribution < 1.29 is 28.9 Å². The van der Waals surface area contributed by atoms with E-state index in [2.05, 4.69) is 0 Å². The normalized spacial score (nSPS) is 17.5. The number of phenolic OH excluding ortho intramolecular Hbond substituents is 1. The molecule has 4 rings (SSSR count). The summed E-state index contributed by atoms with van der Waals surface area (Å²) < 4.78 is 18.9. The smallest absolute Gasteiger partial charge is 0.295 e. The second-order valence-electron chi connectivity index (χ2n) is 9.81. The standard InChI is InChI=1S/C29H28FNO5/c1-29(2,3)22-15-19(9-14-23(22)36-4)26(33)24-25(18-7-12-21(32)13-8-18)31(28(35)27(24)34)16-17-5-10-20(30)11-6-17/h5-15,25,32-33H,16H2,1-4H3/b26-24-. The number of rotatable bonds is 5. The molecule has 0 aliphatic carbocycles. The van der Waals surface area contributed by atoms with Crippen molar-refractivity contribution in [1.82, 2.24) is 4.90 Å². The summed E-state index contributed by atoms with van der Waals surface area (Å²) in [5.41, 5.74) is 2.01. The Morgan fingerprint density at radius 3 is 2.22 bits per heavy atom. The van der Waals surface area contributed by atoms with Crippen molar-refractivity contribution in [3.05, 3.63) is 100 Å². The maximum atomic E-state index is 13.4. The number of Topliss-reactive ketones (excluding diaryl/α,β-unsaturated/α-hetero) is 1. The number of benzene rings is 3. The molecule has 36 heavy (non-hydrogen) atoms. The molecule has 186 valence electrons. The molecule has 0 spiro atoms. The minimum Gasteiger partial charge on any atom is -0.508 e. The molecule has 0 aromatic heterocycles. The van der Waals surface area contributed by atoms with E-state index in [0.29, 0.717) is 22.4 Å². The third-order valence-electron chi connectivity index (χ3n) is 6.30. The van der Waals surface area contributed by atoms with Gasteiger partial charge < -0.3 is 19.8 Å². The number of carbonyl (C=O) groups is 2. The van der Waals surface area contributed by atoms with Crippen molar-refractivity contribution in [3.8, 4) is 11.5 Å². The number of likely N-dealkylation sites (tertiary alicyclic amines) is 1. The van der Waals surface area contributed by atoms with Crippen LogP contribution in [0.15, 0.2) is 72.3 Å². The quantitative estimate of drug-likeness (QED) is 0.282. The molecule has 1 amide bonds. The van der Waals surface area contributed by atoms with Gasteiger partial charge in [-0.05, 0) is 59.0 Å². The molecule has 0 radical (unpaired) electrons. The predicted octanol–water partition coefficient (Wildman–Crippen LogP) is 5.46. The fourth-order valence-electron chi connectivity index (χ4n) is 4.43. The van der Waals surface area contributed by atoms with E-state index in [4.69, 9.17) is 4.74 Å². The first kappa shape index (κ1) is 25.0. The molecule has 1 heterocycles.